The van der Waals surface area contributed by atoms with Crippen LogP contribution in [-0.4, -0.2) is 55.5 Å². The molecule has 0 unspecified atom stereocenters. The van der Waals surface area contributed by atoms with E-state index in [9.17, 15) is 4.79 Å². The van der Waals surface area contributed by atoms with Crippen LogP contribution >= 0.6 is 0 Å². The lowest BCUT2D eigenvalue weighted by Crippen LogP contribution is -2.48. The molecule has 2 N–H and O–H groups in total. The Hall–Kier alpha value is -0.610. The van der Waals surface area contributed by atoms with Crippen LogP contribution in [0.3, 0.4) is 0 Å². The molecule has 70 valence electrons. The molecule has 4 heteroatoms. The number of nitrogens with two attached hydrogens (primary N) is 1. The molecule has 1 rings (SSSR count). The molecule has 0 aromatic heterocycles. The lowest BCUT2D eigenvalue weighted by molar-refractivity contribution is -0.134. The first-order valence-electron chi connectivity index (χ1n) is 4.40. The normalized spacial score (nSPS) is 20.2. The lowest BCUT2D eigenvalue weighted by atomic mass is 10.3. The highest BCUT2D eigenvalue weighted by Crippen LogP contribution is 2.00. The minimum absolute atomic E-state index is 0.221. The summed E-state index contributed by atoms with van der Waals surface area (Å²) in [5.41, 5.74) is 5.39. The molecule has 0 bridgehead atoms. The Morgan fingerprint density at radius 3 is 2.83 bits per heavy atom. The zero-order chi connectivity index (χ0) is 8.97. The van der Waals surface area contributed by atoms with Crippen LogP contribution < -0.4 is 5.73 Å². The fraction of sp³-hybridized carbons (Fsp3) is 0.875. The van der Waals surface area contributed by atoms with Crippen molar-refractivity contribution in [2.24, 2.45) is 5.73 Å². The monoisotopic (exact) mass is 171 g/mol. The minimum atomic E-state index is 0.221. The van der Waals surface area contributed by atoms with Crippen molar-refractivity contribution in [2.45, 2.75) is 6.42 Å². The fourth-order valence-electron chi connectivity index (χ4n) is 1.31. The van der Waals surface area contributed by atoms with Crippen molar-refractivity contribution < 1.29 is 4.79 Å². The van der Waals surface area contributed by atoms with Crippen molar-refractivity contribution in [1.82, 2.24) is 9.80 Å². The zero-order valence-corrected chi connectivity index (χ0v) is 7.62. The first kappa shape index (κ1) is 9.48. The molecule has 1 aliphatic heterocycles. The predicted molar refractivity (Wildman–Crippen MR) is 47.7 cm³/mol. The van der Waals surface area contributed by atoms with Gasteiger partial charge in [-0.05, 0) is 19.5 Å². The second-order valence-electron chi connectivity index (χ2n) is 3.23. The van der Waals surface area contributed by atoms with Crippen LogP contribution in [0, 0.1) is 0 Å². The SMILES string of the molecule is CN1CCN(CCCN)CC1=O. The number of carbonyl (C=O) groups is 1. The topological polar surface area (TPSA) is 49.6 Å². The van der Waals surface area contributed by atoms with Gasteiger partial charge in [0, 0.05) is 20.1 Å². The molecule has 1 heterocycles. The summed E-state index contributed by atoms with van der Waals surface area (Å²) in [6, 6.07) is 0. The summed E-state index contributed by atoms with van der Waals surface area (Å²) >= 11 is 0. The Kier molecular flexibility index (Phi) is 3.49. The van der Waals surface area contributed by atoms with Gasteiger partial charge in [0.05, 0.1) is 6.54 Å². The molecule has 4 nitrogen and oxygen atoms in total. The van der Waals surface area contributed by atoms with Crippen molar-refractivity contribution in [3.05, 3.63) is 0 Å². The van der Waals surface area contributed by atoms with Crippen molar-refractivity contribution in [3.63, 3.8) is 0 Å². The van der Waals surface area contributed by atoms with E-state index in [1.54, 1.807) is 4.90 Å². The van der Waals surface area contributed by atoms with Crippen molar-refractivity contribution in [1.29, 1.82) is 0 Å². The van der Waals surface area contributed by atoms with E-state index in [0.717, 1.165) is 26.1 Å². The van der Waals surface area contributed by atoms with Crippen LogP contribution in [0.15, 0.2) is 0 Å². The maximum atomic E-state index is 11.2. The maximum absolute atomic E-state index is 11.2. The van der Waals surface area contributed by atoms with E-state index in [2.05, 4.69) is 4.90 Å². The summed E-state index contributed by atoms with van der Waals surface area (Å²) in [7, 11) is 1.85. The van der Waals surface area contributed by atoms with E-state index in [-0.39, 0.29) is 5.91 Å². The minimum Gasteiger partial charge on any atom is -0.343 e. The number of likely N-dealkylation sites (N-methyl/N-ethyl adjacent to an activating group) is 1. The molecule has 0 aliphatic carbocycles. The number of hydrogen-bond donors (Lipinski definition) is 1. The van der Waals surface area contributed by atoms with E-state index in [0.29, 0.717) is 13.1 Å². The third-order valence-corrected chi connectivity index (χ3v) is 2.21. The van der Waals surface area contributed by atoms with Gasteiger partial charge in [0.1, 0.15) is 0 Å². The number of hydrogen-bond acceptors (Lipinski definition) is 3. The first-order chi connectivity index (χ1) is 5.74. The molecule has 0 spiro atoms. The second kappa shape index (κ2) is 4.42. The highest BCUT2D eigenvalue weighted by atomic mass is 16.2. The molecular formula is C8H17N3O. The van der Waals surface area contributed by atoms with Gasteiger partial charge in [-0.25, -0.2) is 0 Å². The van der Waals surface area contributed by atoms with E-state index in [1.807, 2.05) is 7.05 Å². The van der Waals surface area contributed by atoms with Crippen molar-refractivity contribution in [3.8, 4) is 0 Å². The Morgan fingerprint density at radius 1 is 1.50 bits per heavy atom. The summed E-state index contributed by atoms with van der Waals surface area (Å²) in [6.45, 7) is 4.07. The Labute approximate surface area is 73.3 Å². The highest BCUT2D eigenvalue weighted by molar-refractivity contribution is 5.78. The first-order valence-corrected chi connectivity index (χ1v) is 4.40. The Balaban J connectivity index is 2.25. The molecule has 0 saturated carbocycles. The molecule has 0 aromatic rings. The van der Waals surface area contributed by atoms with Gasteiger partial charge in [-0.3, -0.25) is 9.69 Å². The van der Waals surface area contributed by atoms with Gasteiger partial charge in [0.25, 0.3) is 0 Å². The van der Waals surface area contributed by atoms with Crippen LogP contribution in [-0.2, 0) is 4.79 Å². The molecule has 1 saturated heterocycles. The Bertz CT molecular complexity index is 158. The second-order valence-corrected chi connectivity index (χ2v) is 3.23. The van der Waals surface area contributed by atoms with Crippen LogP contribution in [0.4, 0.5) is 0 Å². The largest absolute Gasteiger partial charge is 0.343 e. The van der Waals surface area contributed by atoms with Gasteiger partial charge < -0.3 is 10.6 Å². The average Bonchev–Trinajstić information content (AvgIpc) is 2.07. The van der Waals surface area contributed by atoms with Crippen LogP contribution in [0.1, 0.15) is 6.42 Å². The van der Waals surface area contributed by atoms with Gasteiger partial charge in [-0.15, -0.1) is 0 Å². The molecule has 0 radical (unpaired) electrons. The zero-order valence-electron chi connectivity index (χ0n) is 7.62. The molecule has 12 heavy (non-hydrogen) atoms. The Morgan fingerprint density at radius 2 is 2.25 bits per heavy atom. The van der Waals surface area contributed by atoms with E-state index < -0.39 is 0 Å². The van der Waals surface area contributed by atoms with Gasteiger partial charge >= 0.3 is 0 Å². The fourth-order valence-corrected chi connectivity index (χ4v) is 1.31. The summed E-state index contributed by atoms with van der Waals surface area (Å²) in [6.07, 6.45) is 0.983. The third kappa shape index (κ3) is 2.46. The molecule has 1 amide bonds. The van der Waals surface area contributed by atoms with Crippen LogP contribution in [0.2, 0.25) is 0 Å². The summed E-state index contributed by atoms with van der Waals surface area (Å²) in [5.74, 6) is 0.221. The standard InChI is InChI=1S/C8H17N3O/c1-10-5-6-11(4-2-3-9)7-8(10)12/h2-7,9H2,1H3. The van der Waals surface area contributed by atoms with Gasteiger partial charge in [-0.2, -0.15) is 0 Å². The molecule has 0 aromatic carbocycles. The smallest absolute Gasteiger partial charge is 0.236 e. The number of carbonyl (C=O) groups excluding carboxylic acids is 1. The van der Waals surface area contributed by atoms with Gasteiger partial charge in [0.2, 0.25) is 5.91 Å². The predicted octanol–water partition coefficient (Wildman–Crippen LogP) is -0.891. The summed E-state index contributed by atoms with van der Waals surface area (Å²) < 4.78 is 0. The highest BCUT2D eigenvalue weighted by Gasteiger charge is 2.19. The summed E-state index contributed by atoms with van der Waals surface area (Å²) in [4.78, 5) is 15.2. The molecular weight excluding hydrogens is 154 g/mol. The number of rotatable bonds is 3. The van der Waals surface area contributed by atoms with E-state index in [1.165, 1.54) is 0 Å². The van der Waals surface area contributed by atoms with Gasteiger partial charge in [0.15, 0.2) is 0 Å². The lowest BCUT2D eigenvalue weighted by Gasteiger charge is -2.31. The number of piperazine rings is 1. The van der Waals surface area contributed by atoms with Crippen molar-refractivity contribution in [2.75, 3.05) is 39.8 Å². The van der Waals surface area contributed by atoms with Gasteiger partial charge in [-0.1, -0.05) is 0 Å². The van der Waals surface area contributed by atoms with E-state index in [4.69, 9.17) is 5.73 Å². The molecule has 0 atom stereocenters. The molecule has 1 aliphatic rings. The van der Waals surface area contributed by atoms with Crippen LogP contribution in [0.25, 0.3) is 0 Å². The quantitative estimate of drug-likeness (QED) is 0.599. The maximum Gasteiger partial charge on any atom is 0.236 e. The average molecular weight is 171 g/mol. The van der Waals surface area contributed by atoms with Crippen LogP contribution in [0.5, 0.6) is 0 Å². The summed E-state index contributed by atoms with van der Waals surface area (Å²) in [5, 5.41) is 0. The number of amides is 1. The number of nitrogens with zero attached hydrogens (tertiary/aromatic N) is 2. The third-order valence-electron chi connectivity index (χ3n) is 2.21. The van der Waals surface area contributed by atoms with Crippen molar-refractivity contribution >= 4 is 5.91 Å². The van der Waals surface area contributed by atoms with E-state index >= 15 is 0 Å². The molecule has 1 fully saturated rings.